The van der Waals surface area contributed by atoms with E-state index in [-0.39, 0.29) is 24.5 Å². The van der Waals surface area contributed by atoms with E-state index in [0.29, 0.717) is 25.9 Å². The smallest absolute Gasteiger partial charge is 0.416 e. The maximum atomic E-state index is 13.6. The number of hydrogen-bond acceptors (Lipinski definition) is 3. The molecular weight excluding hydrogens is 453 g/mol. The number of alkyl halides is 3. The maximum Gasteiger partial charge on any atom is 0.416 e. The van der Waals surface area contributed by atoms with Crippen LogP contribution in [0.4, 0.5) is 18.0 Å². The standard InChI is InChI=1S/C28H33F3N2O2/c1-20-13-17-33(27(34)35-19-21-6-3-2-4-7-21)16-5-8-24(20)26-18-23(28(29,30)31)9-10-25(26)22-11-14-32-15-12-22/h2-4,6-7,9-11,18,20,24,32H,5,8,12-17,19H2,1H3. The average Bonchev–Trinajstić information content (AvgIpc) is 2.85. The molecule has 2 aromatic carbocycles. The van der Waals surface area contributed by atoms with Gasteiger partial charge in [0.2, 0.25) is 0 Å². The van der Waals surface area contributed by atoms with Gasteiger partial charge in [-0.3, -0.25) is 0 Å². The van der Waals surface area contributed by atoms with Crippen molar-refractivity contribution in [2.75, 3.05) is 26.2 Å². The number of ether oxygens (including phenoxy) is 1. The first kappa shape index (κ1) is 25.3. The molecule has 4 nitrogen and oxygen atoms in total. The van der Waals surface area contributed by atoms with Gasteiger partial charge >= 0.3 is 12.3 Å². The summed E-state index contributed by atoms with van der Waals surface area (Å²) in [5.41, 5.74) is 3.20. The number of hydrogen-bond donors (Lipinski definition) is 1. The molecule has 2 unspecified atom stereocenters. The summed E-state index contributed by atoms with van der Waals surface area (Å²) in [6.45, 7) is 4.95. The molecule has 7 heteroatoms. The molecule has 0 spiro atoms. The Balaban J connectivity index is 1.49. The average molecular weight is 487 g/mol. The Labute approximate surface area is 205 Å². The predicted octanol–water partition coefficient (Wildman–Crippen LogP) is 6.62. The second kappa shape index (κ2) is 11.3. The van der Waals surface area contributed by atoms with Crippen molar-refractivity contribution in [1.29, 1.82) is 0 Å². The summed E-state index contributed by atoms with van der Waals surface area (Å²) in [5, 5.41) is 3.28. The molecule has 0 aliphatic carbocycles. The molecule has 1 fully saturated rings. The molecular formula is C28H33F3N2O2. The van der Waals surface area contributed by atoms with Crippen molar-refractivity contribution >= 4 is 11.7 Å². The maximum absolute atomic E-state index is 13.6. The van der Waals surface area contributed by atoms with E-state index in [1.807, 2.05) is 30.3 Å². The van der Waals surface area contributed by atoms with Gasteiger partial charge < -0.3 is 15.0 Å². The number of amides is 1. The van der Waals surface area contributed by atoms with Crippen LogP contribution in [0.1, 0.15) is 60.8 Å². The summed E-state index contributed by atoms with van der Waals surface area (Å²) in [6.07, 6.45) is 0.337. The molecule has 2 heterocycles. The van der Waals surface area contributed by atoms with E-state index in [2.05, 4.69) is 18.3 Å². The van der Waals surface area contributed by atoms with E-state index >= 15 is 0 Å². The SMILES string of the molecule is CC1CCN(C(=O)OCc2ccccc2)CCCC1c1cc(C(F)(F)F)ccc1C1=CCNCC1. The van der Waals surface area contributed by atoms with Crippen molar-refractivity contribution in [3.63, 3.8) is 0 Å². The number of nitrogens with one attached hydrogen (secondary N) is 1. The number of carbonyl (C=O) groups is 1. The van der Waals surface area contributed by atoms with Crippen LogP contribution < -0.4 is 5.32 Å². The van der Waals surface area contributed by atoms with Crippen molar-refractivity contribution in [3.8, 4) is 0 Å². The number of likely N-dealkylation sites (tertiary alicyclic amines) is 1. The van der Waals surface area contributed by atoms with Gasteiger partial charge in [-0.15, -0.1) is 0 Å². The van der Waals surface area contributed by atoms with Gasteiger partial charge in [0.05, 0.1) is 5.56 Å². The molecule has 2 aliphatic rings. The number of benzene rings is 2. The monoisotopic (exact) mass is 486 g/mol. The topological polar surface area (TPSA) is 41.6 Å². The molecule has 0 aromatic heterocycles. The highest BCUT2D eigenvalue weighted by atomic mass is 19.4. The Morgan fingerprint density at radius 3 is 2.63 bits per heavy atom. The minimum atomic E-state index is -4.38. The van der Waals surface area contributed by atoms with Gasteiger partial charge in [-0.2, -0.15) is 13.2 Å². The lowest BCUT2D eigenvalue weighted by atomic mass is 9.77. The Hall–Kier alpha value is -2.80. The van der Waals surface area contributed by atoms with Crippen LogP contribution in [0.5, 0.6) is 0 Å². The minimum absolute atomic E-state index is 0.00516. The lowest BCUT2D eigenvalue weighted by Crippen LogP contribution is -2.36. The van der Waals surface area contributed by atoms with Gasteiger partial charge in [0.1, 0.15) is 6.61 Å². The molecule has 0 radical (unpaired) electrons. The van der Waals surface area contributed by atoms with E-state index in [4.69, 9.17) is 4.74 Å². The zero-order valence-electron chi connectivity index (χ0n) is 20.1. The van der Waals surface area contributed by atoms with Gasteiger partial charge in [0.15, 0.2) is 0 Å². The molecule has 2 aliphatic heterocycles. The quantitative estimate of drug-likeness (QED) is 0.528. The number of rotatable bonds is 4. The van der Waals surface area contributed by atoms with Gasteiger partial charge in [0.25, 0.3) is 0 Å². The first-order valence-corrected chi connectivity index (χ1v) is 12.4. The Morgan fingerprint density at radius 1 is 1.11 bits per heavy atom. The van der Waals surface area contributed by atoms with E-state index < -0.39 is 11.7 Å². The van der Waals surface area contributed by atoms with Crippen molar-refractivity contribution in [2.45, 2.75) is 51.3 Å². The predicted molar refractivity (Wildman–Crippen MR) is 131 cm³/mol. The van der Waals surface area contributed by atoms with Crippen LogP contribution in [0.25, 0.3) is 5.57 Å². The fourth-order valence-electron chi connectivity index (χ4n) is 5.12. The number of nitrogens with zero attached hydrogens (tertiary/aromatic N) is 1. The fourth-order valence-corrected chi connectivity index (χ4v) is 5.12. The molecule has 0 bridgehead atoms. The van der Waals surface area contributed by atoms with Crippen molar-refractivity contribution < 1.29 is 22.7 Å². The van der Waals surface area contributed by atoms with Gasteiger partial charge in [0, 0.05) is 19.6 Å². The molecule has 1 N–H and O–H groups in total. The van der Waals surface area contributed by atoms with Crippen LogP contribution in [-0.4, -0.2) is 37.2 Å². The molecule has 2 atom stereocenters. The molecule has 0 saturated carbocycles. The van der Waals surface area contributed by atoms with Crippen LogP contribution in [0, 0.1) is 5.92 Å². The zero-order valence-corrected chi connectivity index (χ0v) is 20.1. The Kier molecular flexibility index (Phi) is 8.16. The van der Waals surface area contributed by atoms with E-state index in [1.165, 1.54) is 12.1 Å². The van der Waals surface area contributed by atoms with Crippen LogP contribution >= 0.6 is 0 Å². The third kappa shape index (κ3) is 6.45. The summed E-state index contributed by atoms with van der Waals surface area (Å²) in [7, 11) is 0. The highest BCUT2D eigenvalue weighted by Gasteiger charge is 2.34. The normalized spacial score (nSPS) is 21.6. The van der Waals surface area contributed by atoms with Crippen molar-refractivity contribution in [2.24, 2.45) is 5.92 Å². The third-order valence-electron chi connectivity index (χ3n) is 7.14. The van der Waals surface area contributed by atoms with Crippen LogP contribution in [0.15, 0.2) is 54.6 Å². The van der Waals surface area contributed by atoms with Crippen LogP contribution in [0.2, 0.25) is 0 Å². The van der Waals surface area contributed by atoms with Crippen LogP contribution in [-0.2, 0) is 17.5 Å². The van der Waals surface area contributed by atoms with E-state index in [0.717, 1.165) is 48.2 Å². The Morgan fingerprint density at radius 2 is 1.91 bits per heavy atom. The molecule has 4 rings (SSSR count). The first-order chi connectivity index (χ1) is 16.8. The second-order valence-electron chi connectivity index (χ2n) is 9.53. The zero-order chi connectivity index (χ0) is 24.8. The minimum Gasteiger partial charge on any atom is -0.445 e. The summed E-state index contributed by atoms with van der Waals surface area (Å²) >= 11 is 0. The summed E-state index contributed by atoms with van der Waals surface area (Å²) in [4.78, 5) is 14.4. The lowest BCUT2D eigenvalue weighted by Gasteiger charge is -2.33. The van der Waals surface area contributed by atoms with Gasteiger partial charge in [-0.25, -0.2) is 4.79 Å². The second-order valence-corrected chi connectivity index (χ2v) is 9.53. The van der Waals surface area contributed by atoms with Crippen LogP contribution in [0.3, 0.4) is 0 Å². The van der Waals surface area contributed by atoms with Gasteiger partial charge in [-0.05, 0) is 78.5 Å². The van der Waals surface area contributed by atoms with E-state index in [9.17, 15) is 18.0 Å². The highest BCUT2D eigenvalue weighted by molar-refractivity contribution is 5.70. The molecule has 35 heavy (non-hydrogen) atoms. The molecule has 2 aromatic rings. The molecule has 1 saturated heterocycles. The summed E-state index contributed by atoms with van der Waals surface area (Å²) in [6, 6.07) is 13.8. The van der Waals surface area contributed by atoms with Crippen molar-refractivity contribution in [3.05, 3.63) is 76.9 Å². The fraction of sp³-hybridized carbons (Fsp3) is 0.464. The third-order valence-corrected chi connectivity index (χ3v) is 7.14. The number of halogens is 3. The highest BCUT2D eigenvalue weighted by Crippen LogP contribution is 2.41. The lowest BCUT2D eigenvalue weighted by molar-refractivity contribution is -0.137. The van der Waals surface area contributed by atoms with Gasteiger partial charge in [-0.1, -0.05) is 49.4 Å². The Bertz CT molecular complexity index is 1040. The molecule has 1 amide bonds. The summed E-state index contributed by atoms with van der Waals surface area (Å²) < 4.78 is 46.3. The van der Waals surface area contributed by atoms with Crippen molar-refractivity contribution in [1.82, 2.24) is 10.2 Å². The number of carbonyl (C=O) groups excluding carboxylic acids is 1. The first-order valence-electron chi connectivity index (χ1n) is 12.4. The summed E-state index contributed by atoms with van der Waals surface area (Å²) in [5.74, 6) is 0.134. The largest absolute Gasteiger partial charge is 0.445 e. The van der Waals surface area contributed by atoms with E-state index in [1.54, 1.807) is 11.0 Å². The molecule has 188 valence electrons.